The average Bonchev–Trinajstić information content (AvgIpc) is 3.33. The summed E-state index contributed by atoms with van der Waals surface area (Å²) >= 11 is 6.18. The lowest BCUT2D eigenvalue weighted by atomic mass is 10.1. The molecule has 28 heavy (non-hydrogen) atoms. The molecule has 0 saturated carbocycles. The maximum absolute atomic E-state index is 12.6. The number of nitrogens with zero attached hydrogens (tertiary/aromatic N) is 5. The summed E-state index contributed by atoms with van der Waals surface area (Å²) in [5.74, 6) is 0.564. The molecular weight excluding hydrogens is 378 g/mol. The van der Waals surface area contributed by atoms with E-state index in [0.29, 0.717) is 18.0 Å². The van der Waals surface area contributed by atoms with Crippen molar-refractivity contribution >= 4 is 17.5 Å². The fourth-order valence-electron chi connectivity index (χ4n) is 2.88. The van der Waals surface area contributed by atoms with Crippen LogP contribution in [0.1, 0.15) is 34.1 Å². The molecule has 0 radical (unpaired) electrons. The summed E-state index contributed by atoms with van der Waals surface area (Å²) in [5, 5.41) is 9.30. The van der Waals surface area contributed by atoms with E-state index in [9.17, 15) is 4.79 Å². The van der Waals surface area contributed by atoms with E-state index < -0.39 is 0 Å². The number of halogens is 1. The van der Waals surface area contributed by atoms with Crippen LogP contribution in [0, 0.1) is 13.8 Å². The molecule has 0 unspecified atom stereocenters. The Morgan fingerprint density at radius 1 is 1.25 bits per heavy atom. The molecule has 3 aromatic rings. The van der Waals surface area contributed by atoms with Crippen LogP contribution in [0.15, 0.2) is 36.8 Å². The third-order valence-electron chi connectivity index (χ3n) is 4.41. The molecule has 7 nitrogen and oxygen atoms in total. The summed E-state index contributed by atoms with van der Waals surface area (Å²) in [6.07, 6.45) is 5.44. The van der Waals surface area contributed by atoms with Crippen LogP contribution in [0.3, 0.4) is 0 Å². The Hall–Kier alpha value is -2.80. The van der Waals surface area contributed by atoms with E-state index in [4.69, 9.17) is 16.3 Å². The number of aromatic nitrogens is 4. The number of carbonyl (C=O) groups is 1. The average molecular weight is 402 g/mol. The summed E-state index contributed by atoms with van der Waals surface area (Å²) in [7, 11) is 1.75. The molecule has 0 aliphatic heterocycles. The number of hydrogen-bond acceptors (Lipinski definition) is 4. The van der Waals surface area contributed by atoms with Gasteiger partial charge in [0.15, 0.2) is 12.4 Å². The molecule has 148 valence electrons. The monoisotopic (exact) mass is 401 g/mol. The van der Waals surface area contributed by atoms with Gasteiger partial charge in [-0.05, 0) is 50.1 Å². The summed E-state index contributed by atoms with van der Waals surface area (Å²) in [6.45, 7) is 7.38. The highest BCUT2D eigenvalue weighted by atomic mass is 35.5. The van der Waals surface area contributed by atoms with Gasteiger partial charge in [-0.25, -0.2) is 4.68 Å². The van der Waals surface area contributed by atoms with Crippen LogP contribution in [0.4, 0.5) is 0 Å². The van der Waals surface area contributed by atoms with Crippen molar-refractivity contribution in [2.75, 3.05) is 7.05 Å². The van der Waals surface area contributed by atoms with E-state index in [1.54, 1.807) is 35.1 Å². The first-order valence-electron chi connectivity index (χ1n) is 9.07. The minimum absolute atomic E-state index is 0.152. The second kappa shape index (κ2) is 8.48. The largest absolute Gasteiger partial charge is 0.471 e. The summed E-state index contributed by atoms with van der Waals surface area (Å²) in [4.78, 5) is 14.2. The topological polar surface area (TPSA) is 65.2 Å². The normalized spacial score (nSPS) is 10.9. The third kappa shape index (κ3) is 4.54. The molecule has 0 fully saturated rings. The van der Waals surface area contributed by atoms with Gasteiger partial charge >= 0.3 is 0 Å². The minimum atomic E-state index is -0.152. The molecule has 1 amide bonds. The number of ether oxygens (including phenoxy) is 1. The fourth-order valence-corrected chi connectivity index (χ4v) is 2.99. The molecule has 0 spiro atoms. The van der Waals surface area contributed by atoms with Crippen LogP contribution in [0.25, 0.3) is 0 Å². The van der Waals surface area contributed by atoms with Crippen molar-refractivity contribution in [3.05, 3.63) is 64.2 Å². The molecule has 3 rings (SSSR count). The molecule has 0 aliphatic rings. The van der Waals surface area contributed by atoms with Gasteiger partial charge in [0.1, 0.15) is 5.75 Å². The quantitative estimate of drug-likeness (QED) is 0.605. The van der Waals surface area contributed by atoms with Gasteiger partial charge < -0.3 is 9.64 Å². The first-order valence-corrected chi connectivity index (χ1v) is 9.45. The number of carbonyl (C=O) groups excluding carboxylic acids is 1. The maximum Gasteiger partial charge on any atom is 0.274 e. The lowest BCUT2D eigenvalue weighted by molar-refractivity contribution is 0.0777. The van der Waals surface area contributed by atoms with Crippen LogP contribution in [0.2, 0.25) is 5.02 Å². The number of amides is 1. The Balaban J connectivity index is 1.60. The van der Waals surface area contributed by atoms with Gasteiger partial charge in [0.25, 0.3) is 5.91 Å². The Morgan fingerprint density at radius 3 is 2.61 bits per heavy atom. The Kier molecular flexibility index (Phi) is 6.04. The summed E-state index contributed by atoms with van der Waals surface area (Å²) in [6, 6.07) is 5.46. The maximum atomic E-state index is 12.6. The zero-order valence-electron chi connectivity index (χ0n) is 16.5. The van der Waals surface area contributed by atoms with Gasteiger partial charge in [0.05, 0.1) is 6.20 Å². The highest BCUT2D eigenvalue weighted by Crippen LogP contribution is 2.26. The predicted octanol–water partition coefficient (Wildman–Crippen LogP) is 3.68. The van der Waals surface area contributed by atoms with E-state index in [-0.39, 0.29) is 12.6 Å². The zero-order chi connectivity index (χ0) is 20.3. The van der Waals surface area contributed by atoms with Crippen LogP contribution >= 0.6 is 11.6 Å². The highest BCUT2D eigenvalue weighted by Gasteiger charge is 2.16. The van der Waals surface area contributed by atoms with E-state index in [1.807, 2.05) is 43.8 Å². The van der Waals surface area contributed by atoms with Gasteiger partial charge in [-0.1, -0.05) is 11.6 Å². The standard InChI is InChI=1S/C20H24ClN5O2/c1-5-25-12-16(10-22-25)11-24(4)20(27)18-6-7-26(23-18)13-28-17-8-14(2)19(21)15(3)9-17/h6-10,12H,5,11,13H2,1-4H3. The van der Waals surface area contributed by atoms with Gasteiger partial charge in [0.2, 0.25) is 0 Å². The number of aryl methyl sites for hydroxylation is 3. The summed E-state index contributed by atoms with van der Waals surface area (Å²) < 4.78 is 9.20. The highest BCUT2D eigenvalue weighted by molar-refractivity contribution is 6.32. The molecule has 0 bridgehead atoms. The zero-order valence-corrected chi connectivity index (χ0v) is 17.3. The molecule has 8 heteroatoms. The summed E-state index contributed by atoms with van der Waals surface area (Å²) in [5.41, 5.74) is 3.27. The van der Waals surface area contributed by atoms with Crippen molar-refractivity contribution in [3.8, 4) is 5.75 Å². The smallest absolute Gasteiger partial charge is 0.274 e. The third-order valence-corrected chi connectivity index (χ3v) is 5.01. The number of hydrogen-bond donors (Lipinski definition) is 0. The molecule has 0 aliphatic carbocycles. The Bertz CT molecular complexity index is 956. The van der Waals surface area contributed by atoms with Gasteiger partial charge in [-0.3, -0.25) is 9.48 Å². The number of benzene rings is 1. The van der Waals surface area contributed by atoms with Crippen molar-refractivity contribution in [3.63, 3.8) is 0 Å². The molecule has 0 N–H and O–H groups in total. The second-order valence-electron chi connectivity index (χ2n) is 6.75. The molecule has 2 aromatic heterocycles. The Labute approximate surface area is 169 Å². The Morgan fingerprint density at radius 2 is 1.96 bits per heavy atom. The molecular formula is C20H24ClN5O2. The molecule has 0 saturated heterocycles. The lowest BCUT2D eigenvalue weighted by Gasteiger charge is -2.14. The number of rotatable bonds is 7. The second-order valence-corrected chi connectivity index (χ2v) is 7.13. The first kappa shape index (κ1) is 19.9. The van der Waals surface area contributed by atoms with Gasteiger partial charge in [-0.15, -0.1) is 0 Å². The van der Waals surface area contributed by atoms with Crippen molar-refractivity contribution in [2.45, 2.75) is 40.6 Å². The molecule has 2 heterocycles. The van der Waals surface area contributed by atoms with E-state index in [0.717, 1.165) is 28.3 Å². The van der Waals surface area contributed by atoms with Crippen molar-refractivity contribution in [2.24, 2.45) is 0 Å². The van der Waals surface area contributed by atoms with Crippen molar-refractivity contribution in [1.29, 1.82) is 0 Å². The van der Waals surface area contributed by atoms with E-state index >= 15 is 0 Å². The molecule has 0 atom stereocenters. The van der Waals surface area contributed by atoms with Crippen LogP contribution in [0.5, 0.6) is 5.75 Å². The van der Waals surface area contributed by atoms with Crippen LogP contribution in [-0.2, 0) is 19.8 Å². The fraction of sp³-hybridized carbons (Fsp3) is 0.350. The van der Waals surface area contributed by atoms with Crippen LogP contribution in [-0.4, -0.2) is 37.4 Å². The van der Waals surface area contributed by atoms with Crippen molar-refractivity contribution < 1.29 is 9.53 Å². The lowest BCUT2D eigenvalue weighted by Crippen LogP contribution is -2.26. The predicted molar refractivity (Wildman–Crippen MR) is 107 cm³/mol. The van der Waals surface area contributed by atoms with E-state index in [2.05, 4.69) is 10.2 Å². The van der Waals surface area contributed by atoms with E-state index in [1.165, 1.54) is 0 Å². The molecule has 1 aromatic carbocycles. The van der Waals surface area contributed by atoms with Gasteiger partial charge in [0, 0.05) is 43.1 Å². The van der Waals surface area contributed by atoms with Gasteiger partial charge in [-0.2, -0.15) is 10.2 Å². The SMILES string of the molecule is CCn1cc(CN(C)C(=O)c2ccn(COc3cc(C)c(Cl)c(C)c3)n2)cn1. The van der Waals surface area contributed by atoms with Crippen molar-refractivity contribution in [1.82, 2.24) is 24.5 Å². The van der Waals surface area contributed by atoms with Crippen LogP contribution < -0.4 is 4.74 Å². The first-order chi connectivity index (χ1) is 13.4. The minimum Gasteiger partial charge on any atom is -0.471 e.